The molecule has 0 aliphatic heterocycles. The lowest BCUT2D eigenvalue weighted by Crippen LogP contribution is -2.26. The highest BCUT2D eigenvalue weighted by Gasteiger charge is 2.02. The van der Waals surface area contributed by atoms with Gasteiger partial charge in [0.2, 0.25) is 0 Å². The average molecular weight is 208 g/mol. The molecule has 0 fully saturated rings. The van der Waals surface area contributed by atoms with Crippen LogP contribution >= 0.6 is 0 Å². The van der Waals surface area contributed by atoms with Gasteiger partial charge in [-0.15, -0.1) is 0 Å². The Morgan fingerprint density at radius 1 is 1.67 bits per heavy atom. The Hall–Kier alpha value is -1.62. The monoisotopic (exact) mass is 208 g/mol. The van der Waals surface area contributed by atoms with Crippen molar-refractivity contribution in [2.45, 2.75) is 6.54 Å². The summed E-state index contributed by atoms with van der Waals surface area (Å²) in [7, 11) is 3.72. The summed E-state index contributed by atoms with van der Waals surface area (Å²) in [6, 6.07) is 1.54. The van der Waals surface area contributed by atoms with Gasteiger partial charge < -0.3 is 10.6 Å². The largest absolute Gasteiger partial charge is 0.376 e. The first-order valence-electron chi connectivity index (χ1n) is 4.66. The van der Waals surface area contributed by atoms with Gasteiger partial charge >= 0.3 is 0 Å². The Morgan fingerprint density at radius 2 is 2.33 bits per heavy atom. The molecule has 0 amide bonds. The highest BCUT2D eigenvalue weighted by molar-refractivity contribution is 5.40. The van der Waals surface area contributed by atoms with Crippen molar-refractivity contribution < 1.29 is 0 Å². The molecule has 5 nitrogen and oxygen atoms in total. The van der Waals surface area contributed by atoms with Gasteiger partial charge in [0.25, 0.3) is 5.56 Å². The minimum absolute atomic E-state index is 0.143. The third kappa shape index (κ3) is 2.92. The first-order valence-corrected chi connectivity index (χ1v) is 4.66. The Morgan fingerprint density at radius 3 is 2.80 bits per heavy atom. The fourth-order valence-electron chi connectivity index (χ4n) is 1.06. The van der Waals surface area contributed by atoms with E-state index in [1.807, 2.05) is 19.0 Å². The molecule has 0 saturated carbocycles. The summed E-state index contributed by atoms with van der Waals surface area (Å²) in [5, 5.41) is 4.03. The SMILES string of the molecule is C=C(CN)Cn1ncc(N(C)C)cc1=O. The Balaban J connectivity index is 2.94. The lowest BCUT2D eigenvalue weighted by molar-refractivity contribution is 0.625. The van der Waals surface area contributed by atoms with E-state index in [9.17, 15) is 4.79 Å². The molecule has 1 aromatic rings. The number of aromatic nitrogens is 2. The van der Waals surface area contributed by atoms with Crippen LogP contribution in [0, 0.1) is 0 Å². The topological polar surface area (TPSA) is 64.2 Å². The predicted molar refractivity (Wildman–Crippen MR) is 61.0 cm³/mol. The van der Waals surface area contributed by atoms with Crippen molar-refractivity contribution in [3.05, 3.63) is 34.8 Å². The molecule has 0 aromatic carbocycles. The summed E-state index contributed by atoms with van der Waals surface area (Å²) < 4.78 is 1.35. The summed E-state index contributed by atoms with van der Waals surface area (Å²) in [5.74, 6) is 0. The lowest BCUT2D eigenvalue weighted by Gasteiger charge is -2.12. The molecule has 0 bridgehead atoms. The molecule has 1 aromatic heterocycles. The fourth-order valence-corrected chi connectivity index (χ4v) is 1.06. The molecule has 0 spiro atoms. The molecule has 0 atom stereocenters. The third-order valence-corrected chi connectivity index (χ3v) is 2.03. The Kier molecular flexibility index (Phi) is 3.62. The van der Waals surface area contributed by atoms with Gasteiger partial charge in [0.1, 0.15) is 0 Å². The maximum atomic E-state index is 11.6. The van der Waals surface area contributed by atoms with Gasteiger partial charge in [0, 0.05) is 26.7 Å². The van der Waals surface area contributed by atoms with Gasteiger partial charge in [-0.3, -0.25) is 4.79 Å². The standard InChI is InChI=1S/C10H16N4O/c1-8(5-11)7-14-10(15)4-9(6-12-14)13(2)3/h4,6H,1,5,7,11H2,2-3H3. The molecule has 2 N–H and O–H groups in total. The van der Waals surface area contributed by atoms with Crippen LogP contribution in [0.5, 0.6) is 0 Å². The van der Waals surface area contributed by atoms with Crippen LogP contribution in [0.3, 0.4) is 0 Å². The van der Waals surface area contributed by atoms with E-state index in [2.05, 4.69) is 11.7 Å². The van der Waals surface area contributed by atoms with Crippen LogP contribution in [0.2, 0.25) is 0 Å². The lowest BCUT2D eigenvalue weighted by atomic mass is 10.3. The molecule has 15 heavy (non-hydrogen) atoms. The summed E-state index contributed by atoms with van der Waals surface area (Å²) in [4.78, 5) is 13.4. The molecule has 0 radical (unpaired) electrons. The van der Waals surface area contributed by atoms with Gasteiger partial charge in [-0.1, -0.05) is 6.58 Å². The molecule has 5 heteroatoms. The minimum Gasteiger partial charge on any atom is -0.376 e. The minimum atomic E-state index is -0.143. The summed E-state index contributed by atoms with van der Waals surface area (Å²) >= 11 is 0. The van der Waals surface area contributed by atoms with Crippen molar-refractivity contribution in [3.63, 3.8) is 0 Å². The van der Waals surface area contributed by atoms with Gasteiger partial charge in [-0.05, 0) is 5.57 Å². The molecule has 1 heterocycles. The van der Waals surface area contributed by atoms with E-state index in [0.717, 1.165) is 11.3 Å². The number of hydrogen-bond acceptors (Lipinski definition) is 4. The maximum absolute atomic E-state index is 11.6. The molecule has 0 aliphatic carbocycles. The average Bonchev–Trinajstić information content (AvgIpc) is 2.20. The molecule has 0 unspecified atom stereocenters. The number of nitrogens with zero attached hydrogens (tertiary/aromatic N) is 3. The van der Waals surface area contributed by atoms with Crippen LogP contribution in [-0.4, -0.2) is 30.4 Å². The molecule has 0 aliphatic rings. The van der Waals surface area contributed by atoms with Crippen molar-refractivity contribution in [2.75, 3.05) is 25.5 Å². The number of hydrogen-bond donors (Lipinski definition) is 1. The van der Waals surface area contributed by atoms with Gasteiger partial charge in [-0.25, -0.2) is 4.68 Å². The van der Waals surface area contributed by atoms with Crippen LogP contribution in [0.4, 0.5) is 5.69 Å². The predicted octanol–water partition coefficient (Wildman–Crippen LogP) is -0.176. The van der Waals surface area contributed by atoms with E-state index in [4.69, 9.17) is 5.73 Å². The fraction of sp³-hybridized carbons (Fsp3) is 0.400. The zero-order valence-electron chi connectivity index (χ0n) is 9.10. The summed E-state index contributed by atoms with van der Waals surface area (Å²) in [6.07, 6.45) is 1.64. The van der Waals surface area contributed by atoms with Crippen LogP contribution in [0.25, 0.3) is 0 Å². The Labute approximate surface area is 88.8 Å². The first kappa shape index (κ1) is 11.5. The van der Waals surface area contributed by atoms with Gasteiger partial charge in [-0.2, -0.15) is 5.10 Å². The molecule has 0 saturated heterocycles. The van der Waals surface area contributed by atoms with E-state index in [0.29, 0.717) is 13.1 Å². The van der Waals surface area contributed by atoms with E-state index in [1.165, 1.54) is 10.7 Å². The molecular formula is C10H16N4O. The van der Waals surface area contributed by atoms with Crippen LogP contribution < -0.4 is 16.2 Å². The highest BCUT2D eigenvalue weighted by atomic mass is 16.1. The van der Waals surface area contributed by atoms with Crippen molar-refractivity contribution >= 4 is 5.69 Å². The van der Waals surface area contributed by atoms with Crippen LogP contribution in [0.1, 0.15) is 0 Å². The normalized spacial score (nSPS) is 10.1. The van der Waals surface area contributed by atoms with Crippen molar-refractivity contribution in [1.29, 1.82) is 0 Å². The molecule has 82 valence electrons. The second-order valence-corrected chi connectivity index (χ2v) is 3.56. The van der Waals surface area contributed by atoms with Gasteiger partial charge in [0.05, 0.1) is 18.4 Å². The Bertz CT molecular complexity index is 408. The van der Waals surface area contributed by atoms with Crippen molar-refractivity contribution in [2.24, 2.45) is 5.73 Å². The maximum Gasteiger partial charge on any atom is 0.269 e. The summed E-state index contributed by atoms with van der Waals surface area (Å²) in [6.45, 7) is 4.47. The van der Waals surface area contributed by atoms with Gasteiger partial charge in [0.15, 0.2) is 0 Å². The quantitative estimate of drug-likeness (QED) is 0.697. The van der Waals surface area contributed by atoms with Crippen LogP contribution in [-0.2, 0) is 6.54 Å². The second-order valence-electron chi connectivity index (χ2n) is 3.56. The van der Waals surface area contributed by atoms with E-state index in [-0.39, 0.29) is 5.56 Å². The smallest absolute Gasteiger partial charge is 0.269 e. The first-order chi connectivity index (χ1) is 7.04. The van der Waals surface area contributed by atoms with Crippen LogP contribution in [0.15, 0.2) is 29.2 Å². The molecule has 1 rings (SSSR count). The number of anilines is 1. The van der Waals surface area contributed by atoms with E-state index in [1.54, 1.807) is 6.20 Å². The van der Waals surface area contributed by atoms with E-state index < -0.39 is 0 Å². The highest BCUT2D eigenvalue weighted by Crippen LogP contribution is 2.03. The second kappa shape index (κ2) is 4.75. The zero-order valence-corrected chi connectivity index (χ0v) is 9.10. The number of rotatable bonds is 4. The third-order valence-electron chi connectivity index (χ3n) is 2.03. The van der Waals surface area contributed by atoms with Crippen molar-refractivity contribution in [3.8, 4) is 0 Å². The van der Waals surface area contributed by atoms with Crippen molar-refractivity contribution in [1.82, 2.24) is 9.78 Å². The number of nitrogens with two attached hydrogens (primary N) is 1. The zero-order chi connectivity index (χ0) is 11.4. The molecular weight excluding hydrogens is 192 g/mol. The summed E-state index contributed by atoms with van der Waals surface area (Å²) in [5.41, 5.74) is 6.82. The van der Waals surface area contributed by atoms with E-state index >= 15 is 0 Å².